The molecule has 0 fully saturated rings. The van der Waals surface area contributed by atoms with Gasteiger partial charge in [-0.25, -0.2) is 13.9 Å². The number of fused-ring (bicyclic) bond motifs is 2. The van der Waals surface area contributed by atoms with Crippen LogP contribution in [0.4, 0.5) is 28.0 Å². The van der Waals surface area contributed by atoms with Crippen molar-refractivity contribution in [2.24, 2.45) is 0 Å². The minimum Gasteiger partial charge on any atom is -0.453 e. The zero-order chi connectivity index (χ0) is 36.1. The molecule has 49 heavy (non-hydrogen) atoms. The summed E-state index contributed by atoms with van der Waals surface area (Å²) < 4.78 is 55.7. The number of carbonyl (C=O) groups excluding carboxylic acids is 4. The lowest BCUT2D eigenvalue weighted by atomic mass is 9.99. The summed E-state index contributed by atoms with van der Waals surface area (Å²) in [5, 5.41) is 15.8. The van der Waals surface area contributed by atoms with Gasteiger partial charge in [-0.15, -0.1) is 13.2 Å². The van der Waals surface area contributed by atoms with Gasteiger partial charge in [0.25, 0.3) is 5.91 Å². The van der Waals surface area contributed by atoms with Gasteiger partial charge in [-0.3, -0.25) is 14.4 Å². The van der Waals surface area contributed by atoms with E-state index in [1.54, 1.807) is 6.07 Å². The maximum Gasteiger partial charge on any atom is 0.575 e. The number of rotatable bonds is 6. The molecule has 2 heterocycles. The van der Waals surface area contributed by atoms with Gasteiger partial charge in [0.2, 0.25) is 5.91 Å². The molecule has 18 heteroatoms. The van der Waals surface area contributed by atoms with Crippen LogP contribution in [0.25, 0.3) is 5.69 Å². The topological polar surface area (TPSA) is 153 Å². The van der Waals surface area contributed by atoms with Gasteiger partial charge >= 0.3 is 18.4 Å². The van der Waals surface area contributed by atoms with E-state index < -0.39 is 36.2 Å². The molecular weight excluding hydrogens is 699 g/mol. The number of amides is 3. The van der Waals surface area contributed by atoms with E-state index in [9.17, 15) is 36.7 Å². The van der Waals surface area contributed by atoms with Crippen molar-refractivity contribution in [3.05, 3.63) is 75.8 Å². The minimum atomic E-state index is -4.83. The average Bonchev–Trinajstić information content (AvgIpc) is 3.42. The number of nitrogens with zero attached hydrogens (tertiary/aromatic N) is 2. The van der Waals surface area contributed by atoms with E-state index in [0.717, 1.165) is 29.5 Å². The fraction of sp³-hybridized carbons (Fsp3) is 0.387. The lowest BCUT2D eigenvalue weighted by Crippen LogP contribution is -2.42. The van der Waals surface area contributed by atoms with Crippen LogP contribution in [0, 0.1) is 5.82 Å². The van der Waals surface area contributed by atoms with Gasteiger partial charge in [0.15, 0.2) is 5.82 Å². The summed E-state index contributed by atoms with van der Waals surface area (Å²) in [4.78, 5) is 47.2. The third kappa shape index (κ3) is 12.1. The monoisotopic (exact) mass is 732 g/mol. The predicted octanol–water partition coefficient (Wildman–Crippen LogP) is 6.08. The van der Waals surface area contributed by atoms with E-state index in [4.69, 9.17) is 23.2 Å². The molecule has 1 aliphatic heterocycles. The molecule has 266 valence electrons. The third-order valence-corrected chi connectivity index (χ3v) is 7.64. The number of hydrogen-bond acceptors (Lipinski definition) is 8. The Balaban J connectivity index is 0.000000723. The zero-order valence-electron chi connectivity index (χ0n) is 26.3. The molecule has 2 aromatic carbocycles. The Morgan fingerprint density at radius 1 is 1.10 bits per heavy atom. The summed E-state index contributed by atoms with van der Waals surface area (Å²) in [5.41, 5.74) is 1.64. The van der Waals surface area contributed by atoms with Crippen LogP contribution in [-0.4, -0.2) is 66.3 Å². The van der Waals surface area contributed by atoms with E-state index in [-0.39, 0.29) is 39.9 Å². The van der Waals surface area contributed by atoms with Crippen LogP contribution in [0.15, 0.2) is 48.7 Å². The first-order valence-electron chi connectivity index (χ1n) is 14.9. The fourth-order valence-corrected chi connectivity index (χ4v) is 5.16. The van der Waals surface area contributed by atoms with Crippen molar-refractivity contribution in [3.63, 3.8) is 0 Å². The molecule has 4 rings (SSSR count). The van der Waals surface area contributed by atoms with Crippen molar-refractivity contribution in [1.82, 2.24) is 25.7 Å². The first-order chi connectivity index (χ1) is 23.2. The number of alkyl halides is 3. The SMILES string of the molecule is CC(=O)OC(F)(F)F.COC(=O)NCC[C@@H]1Nc2cccc(c2)[C@@H](NC(=O)c2cnn(-c3cccc(Cl)c3F)c2Cl)CCCCCNC1=O. The van der Waals surface area contributed by atoms with Gasteiger partial charge in [-0.2, -0.15) is 5.10 Å². The molecule has 0 spiro atoms. The van der Waals surface area contributed by atoms with E-state index in [0.29, 0.717) is 32.0 Å². The van der Waals surface area contributed by atoms with Crippen LogP contribution >= 0.6 is 23.2 Å². The molecule has 0 saturated heterocycles. The lowest BCUT2D eigenvalue weighted by molar-refractivity contribution is -0.304. The van der Waals surface area contributed by atoms with Crippen LogP contribution < -0.4 is 21.3 Å². The van der Waals surface area contributed by atoms with E-state index in [2.05, 4.69) is 35.8 Å². The van der Waals surface area contributed by atoms with Crippen molar-refractivity contribution in [2.75, 3.05) is 25.5 Å². The smallest absolute Gasteiger partial charge is 0.453 e. The summed E-state index contributed by atoms with van der Waals surface area (Å²) in [5.74, 6) is -2.68. The number of anilines is 1. The number of esters is 1. The Morgan fingerprint density at radius 3 is 2.51 bits per heavy atom. The highest BCUT2D eigenvalue weighted by Gasteiger charge is 2.32. The molecule has 4 N–H and O–H groups in total. The van der Waals surface area contributed by atoms with Crippen molar-refractivity contribution < 1.29 is 46.2 Å². The van der Waals surface area contributed by atoms with Gasteiger partial charge in [-0.05, 0) is 49.1 Å². The Hall–Kier alpha value is -4.57. The molecule has 0 radical (unpaired) electrons. The average molecular weight is 734 g/mol. The molecule has 2 bridgehead atoms. The number of hydrogen-bond donors (Lipinski definition) is 4. The molecule has 0 saturated carbocycles. The quantitative estimate of drug-likeness (QED) is 0.176. The first kappa shape index (κ1) is 38.9. The van der Waals surface area contributed by atoms with Crippen LogP contribution in [-0.2, 0) is 19.1 Å². The lowest BCUT2D eigenvalue weighted by Gasteiger charge is -2.22. The van der Waals surface area contributed by atoms with Crippen LogP contribution in [0.3, 0.4) is 0 Å². The third-order valence-electron chi connectivity index (χ3n) is 6.98. The highest BCUT2D eigenvalue weighted by Crippen LogP contribution is 2.28. The second-order valence-corrected chi connectivity index (χ2v) is 11.3. The Bertz CT molecular complexity index is 1620. The van der Waals surface area contributed by atoms with Crippen molar-refractivity contribution in [1.29, 1.82) is 0 Å². The molecule has 0 unspecified atom stereocenters. The van der Waals surface area contributed by atoms with Gasteiger partial charge in [-0.1, -0.05) is 54.2 Å². The van der Waals surface area contributed by atoms with E-state index >= 15 is 0 Å². The standard InChI is InChI=1S/C28H31Cl2FN6O4.C3H3F3O2/c1-41-28(40)33-14-12-22-27(39)32-13-4-2-3-10-21(17-7-5-8-18(15-17)35-22)36-26(38)19-16-34-37(25(19)30)23-11-6-9-20(29)24(23)31;1-2(7)8-3(4,5)6/h5-9,11,15-16,21-22,35H,2-4,10,12-14H2,1H3,(H,32,39)(H,33,40)(H,36,38);1H3/t21-,22-;/m0./s1. The van der Waals surface area contributed by atoms with Crippen LogP contribution in [0.5, 0.6) is 0 Å². The number of alkyl carbamates (subject to hydrolysis) is 1. The summed E-state index contributed by atoms with van der Waals surface area (Å²) in [7, 11) is 1.28. The molecule has 2 atom stereocenters. The second-order valence-electron chi connectivity index (χ2n) is 10.6. The molecule has 12 nitrogen and oxygen atoms in total. The first-order valence-corrected chi connectivity index (χ1v) is 15.7. The molecule has 3 amide bonds. The van der Waals surface area contributed by atoms with Crippen LogP contribution in [0.2, 0.25) is 10.2 Å². The largest absolute Gasteiger partial charge is 0.575 e. The number of aromatic nitrogens is 2. The van der Waals surface area contributed by atoms with Gasteiger partial charge in [0, 0.05) is 25.7 Å². The van der Waals surface area contributed by atoms with Gasteiger partial charge < -0.3 is 30.7 Å². The predicted molar refractivity (Wildman–Crippen MR) is 172 cm³/mol. The highest BCUT2D eigenvalue weighted by molar-refractivity contribution is 6.33. The van der Waals surface area contributed by atoms with Crippen LogP contribution in [0.1, 0.15) is 61.0 Å². The Labute approximate surface area is 288 Å². The second kappa shape index (κ2) is 18.3. The van der Waals surface area contributed by atoms with Crippen molar-refractivity contribution >= 4 is 52.8 Å². The number of carbonyl (C=O) groups is 4. The minimum absolute atomic E-state index is 0.0295. The normalized spacial score (nSPS) is 16.5. The molecule has 0 aliphatic carbocycles. The summed E-state index contributed by atoms with van der Waals surface area (Å²) >= 11 is 12.4. The number of halogens is 6. The van der Waals surface area contributed by atoms with E-state index in [1.807, 2.05) is 24.3 Å². The number of nitrogens with one attached hydrogen (secondary N) is 4. The maximum atomic E-state index is 14.6. The number of methoxy groups -OCH3 is 1. The summed E-state index contributed by atoms with van der Waals surface area (Å²) in [6.45, 7) is 1.43. The van der Waals surface area contributed by atoms with Gasteiger partial charge in [0.1, 0.15) is 16.9 Å². The van der Waals surface area contributed by atoms with Crippen molar-refractivity contribution in [3.8, 4) is 5.69 Å². The molecule has 1 aliphatic rings. The molecule has 1 aromatic heterocycles. The molecular formula is C31H34Cl2F4N6O6. The zero-order valence-corrected chi connectivity index (χ0v) is 27.8. The number of ether oxygens (including phenoxy) is 2. The Kier molecular flexibility index (Phi) is 14.5. The van der Waals surface area contributed by atoms with Crippen molar-refractivity contribution in [2.45, 2.75) is 57.5 Å². The van der Waals surface area contributed by atoms with E-state index in [1.165, 1.54) is 25.4 Å². The summed E-state index contributed by atoms with van der Waals surface area (Å²) in [6, 6.07) is 10.9. The number of benzene rings is 2. The summed E-state index contributed by atoms with van der Waals surface area (Å²) in [6.07, 6.45) is -0.732. The highest BCUT2D eigenvalue weighted by atomic mass is 35.5. The molecule has 3 aromatic rings. The van der Waals surface area contributed by atoms with Gasteiger partial charge in [0.05, 0.1) is 29.9 Å². The Morgan fingerprint density at radius 2 is 1.84 bits per heavy atom. The maximum absolute atomic E-state index is 14.6. The fourth-order valence-electron chi connectivity index (χ4n) is 4.72.